The first-order valence-corrected chi connectivity index (χ1v) is 3.28. The Balaban J connectivity index is 3.29. The van der Waals surface area contributed by atoms with Crippen molar-refractivity contribution >= 4 is 19.6 Å². The molecule has 60 valence electrons. The van der Waals surface area contributed by atoms with Gasteiger partial charge in [0.05, 0.1) is 7.11 Å². The highest BCUT2D eigenvalue weighted by atomic mass is 19.1. The number of rotatable bonds is 2. The van der Waals surface area contributed by atoms with Crippen LogP contribution in [-0.4, -0.2) is 21.2 Å². The van der Waals surface area contributed by atoms with Crippen LogP contribution in [0.1, 0.15) is 10.4 Å². The van der Waals surface area contributed by atoms with Gasteiger partial charge in [0.25, 0.3) is 0 Å². The number of carbonyl (C=O) groups excluding carboxylic acids is 1. The van der Waals surface area contributed by atoms with E-state index in [9.17, 15) is 9.18 Å². The third-order valence-corrected chi connectivity index (χ3v) is 1.52. The summed E-state index contributed by atoms with van der Waals surface area (Å²) in [6.07, 6.45) is 0.408. The number of methoxy groups -OCH3 is 1. The molecular formula is C8H6BFO2. The fraction of sp³-hybridized carbons (Fsp3) is 0.125. The van der Waals surface area contributed by atoms with E-state index in [1.807, 2.05) is 0 Å². The zero-order chi connectivity index (χ0) is 9.14. The number of hydrogen-bond acceptors (Lipinski definition) is 2. The normalized spacial score (nSPS) is 9.50. The SMILES string of the molecule is [B]c1c(OC)ccc(C=O)c1F. The van der Waals surface area contributed by atoms with Crippen molar-refractivity contribution in [3.05, 3.63) is 23.5 Å². The topological polar surface area (TPSA) is 26.3 Å². The summed E-state index contributed by atoms with van der Waals surface area (Å²) < 4.78 is 17.8. The van der Waals surface area contributed by atoms with Gasteiger partial charge in [-0.2, -0.15) is 0 Å². The van der Waals surface area contributed by atoms with Crippen molar-refractivity contribution in [2.24, 2.45) is 0 Å². The lowest BCUT2D eigenvalue weighted by molar-refractivity contribution is 0.112. The first-order valence-electron chi connectivity index (χ1n) is 3.28. The van der Waals surface area contributed by atoms with E-state index in [0.717, 1.165) is 0 Å². The minimum Gasteiger partial charge on any atom is -0.497 e. The maximum atomic E-state index is 13.0. The number of carbonyl (C=O) groups is 1. The lowest BCUT2D eigenvalue weighted by atomic mass is 9.92. The molecule has 0 atom stereocenters. The van der Waals surface area contributed by atoms with Crippen molar-refractivity contribution in [1.82, 2.24) is 0 Å². The average molecular weight is 164 g/mol. The number of halogens is 1. The molecule has 1 rings (SSSR count). The van der Waals surface area contributed by atoms with Gasteiger partial charge in [-0.25, -0.2) is 4.39 Å². The first-order chi connectivity index (χ1) is 5.70. The number of benzene rings is 1. The van der Waals surface area contributed by atoms with Crippen molar-refractivity contribution in [2.75, 3.05) is 7.11 Å². The van der Waals surface area contributed by atoms with Gasteiger partial charge in [-0.15, -0.1) is 0 Å². The van der Waals surface area contributed by atoms with Crippen molar-refractivity contribution in [2.45, 2.75) is 0 Å². The van der Waals surface area contributed by atoms with Crippen LogP contribution in [0.5, 0.6) is 5.75 Å². The number of ether oxygens (including phenoxy) is 1. The van der Waals surface area contributed by atoms with E-state index in [1.165, 1.54) is 19.2 Å². The molecule has 0 bridgehead atoms. The van der Waals surface area contributed by atoms with Crippen LogP contribution in [-0.2, 0) is 0 Å². The van der Waals surface area contributed by atoms with E-state index in [-0.39, 0.29) is 16.8 Å². The maximum Gasteiger partial charge on any atom is 0.152 e. The summed E-state index contributed by atoms with van der Waals surface area (Å²) in [4.78, 5) is 10.2. The van der Waals surface area contributed by atoms with Gasteiger partial charge in [0.15, 0.2) is 6.29 Å². The van der Waals surface area contributed by atoms with Crippen LogP contribution in [0, 0.1) is 5.82 Å². The predicted molar refractivity (Wildman–Crippen MR) is 43.7 cm³/mol. The summed E-state index contributed by atoms with van der Waals surface area (Å²) in [5.74, 6) is -0.498. The highest BCUT2D eigenvalue weighted by Crippen LogP contribution is 2.10. The van der Waals surface area contributed by atoms with Crippen LogP contribution in [0.4, 0.5) is 4.39 Å². The van der Waals surface area contributed by atoms with Crippen molar-refractivity contribution in [3.63, 3.8) is 0 Å². The Kier molecular flexibility index (Phi) is 2.48. The molecule has 0 N–H and O–H groups in total. The number of hydrogen-bond donors (Lipinski definition) is 0. The fourth-order valence-corrected chi connectivity index (χ4v) is 0.861. The molecular weight excluding hydrogens is 158 g/mol. The third-order valence-electron chi connectivity index (χ3n) is 1.52. The summed E-state index contributed by atoms with van der Waals surface area (Å²) in [7, 11) is 6.69. The minimum absolute atomic E-state index is 0.0618. The van der Waals surface area contributed by atoms with Gasteiger partial charge in [0.2, 0.25) is 0 Å². The quantitative estimate of drug-likeness (QED) is 0.468. The van der Waals surface area contributed by atoms with Crippen LogP contribution < -0.4 is 10.2 Å². The largest absolute Gasteiger partial charge is 0.497 e. The molecule has 4 heteroatoms. The Morgan fingerprint density at radius 2 is 2.25 bits per heavy atom. The van der Waals surface area contributed by atoms with E-state index in [1.54, 1.807) is 0 Å². The molecule has 0 aliphatic carbocycles. The molecule has 0 saturated carbocycles. The van der Waals surface area contributed by atoms with Gasteiger partial charge < -0.3 is 4.74 Å². The van der Waals surface area contributed by atoms with Crippen molar-refractivity contribution in [3.8, 4) is 5.75 Å². The molecule has 0 aromatic heterocycles. The molecule has 0 heterocycles. The maximum absolute atomic E-state index is 13.0. The first kappa shape index (κ1) is 8.78. The summed E-state index contributed by atoms with van der Waals surface area (Å²) in [6.45, 7) is 0. The standard InChI is InChI=1S/C8H6BFO2/c1-12-6-3-2-5(4-11)8(10)7(6)9/h2-4H,1H3. The molecule has 0 aliphatic heterocycles. The Morgan fingerprint density at radius 1 is 1.58 bits per heavy atom. The molecule has 12 heavy (non-hydrogen) atoms. The Morgan fingerprint density at radius 3 is 2.75 bits per heavy atom. The molecule has 0 fully saturated rings. The second kappa shape index (κ2) is 3.39. The molecule has 1 aromatic carbocycles. The molecule has 2 radical (unpaired) electrons. The van der Waals surface area contributed by atoms with Gasteiger partial charge >= 0.3 is 0 Å². The Hall–Kier alpha value is -1.32. The molecule has 0 amide bonds. The molecule has 1 aromatic rings. The average Bonchev–Trinajstić information content (AvgIpc) is 2.10. The van der Waals surface area contributed by atoms with Gasteiger partial charge in [-0.1, -0.05) is 0 Å². The van der Waals surface area contributed by atoms with Gasteiger partial charge in [0.1, 0.15) is 19.4 Å². The third kappa shape index (κ3) is 1.32. The van der Waals surface area contributed by atoms with Gasteiger partial charge in [-0.05, 0) is 17.6 Å². The van der Waals surface area contributed by atoms with Crippen LogP contribution in [0.2, 0.25) is 0 Å². The molecule has 0 spiro atoms. The number of aldehydes is 1. The van der Waals surface area contributed by atoms with Gasteiger partial charge in [0, 0.05) is 5.56 Å². The Bertz CT molecular complexity index is 312. The zero-order valence-electron chi connectivity index (χ0n) is 6.50. The second-order valence-electron chi connectivity index (χ2n) is 2.20. The van der Waals surface area contributed by atoms with Crippen molar-refractivity contribution < 1.29 is 13.9 Å². The van der Waals surface area contributed by atoms with Crippen molar-refractivity contribution in [1.29, 1.82) is 0 Å². The molecule has 0 saturated heterocycles. The van der Waals surface area contributed by atoms with Crippen LogP contribution in [0.15, 0.2) is 12.1 Å². The van der Waals surface area contributed by atoms with Gasteiger partial charge in [-0.3, -0.25) is 4.79 Å². The van der Waals surface area contributed by atoms with Crippen LogP contribution in [0.3, 0.4) is 0 Å². The van der Waals surface area contributed by atoms with Crippen LogP contribution >= 0.6 is 0 Å². The van der Waals surface area contributed by atoms with E-state index >= 15 is 0 Å². The predicted octanol–water partition coefficient (Wildman–Crippen LogP) is 0.441. The second-order valence-corrected chi connectivity index (χ2v) is 2.20. The summed E-state index contributed by atoms with van der Waals surface area (Å²) in [5.41, 5.74) is -0.199. The zero-order valence-corrected chi connectivity index (χ0v) is 6.50. The summed E-state index contributed by atoms with van der Waals surface area (Å²) in [5, 5.41) is 0. The summed E-state index contributed by atoms with van der Waals surface area (Å²) >= 11 is 0. The lowest BCUT2D eigenvalue weighted by Crippen LogP contribution is -2.14. The monoisotopic (exact) mass is 164 g/mol. The van der Waals surface area contributed by atoms with E-state index in [2.05, 4.69) is 0 Å². The highest BCUT2D eigenvalue weighted by Gasteiger charge is 2.07. The highest BCUT2D eigenvalue weighted by molar-refractivity contribution is 6.34. The van der Waals surface area contributed by atoms with E-state index in [0.29, 0.717) is 6.29 Å². The summed E-state index contributed by atoms with van der Waals surface area (Å²) in [6, 6.07) is 2.76. The fourth-order valence-electron chi connectivity index (χ4n) is 0.861. The molecule has 0 unspecified atom stereocenters. The smallest absolute Gasteiger partial charge is 0.152 e. The molecule has 2 nitrogen and oxygen atoms in total. The molecule has 0 aliphatic rings. The van der Waals surface area contributed by atoms with Crippen LogP contribution in [0.25, 0.3) is 0 Å². The Labute approximate surface area is 70.8 Å². The van der Waals surface area contributed by atoms with E-state index in [4.69, 9.17) is 12.6 Å². The van der Waals surface area contributed by atoms with E-state index < -0.39 is 5.82 Å². The minimum atomic E-state index is -0.732. The lowest BCUT2D eigenvalue weighted by Gasteiger charge is -2.06.